The Morgan fingerprint density at radius 3 is 2.79 bits per heavy atom. The van der Waals surface area contributed by atoms with Gasteiger partial charge in [-0.25, -0.2) is 4.79 Å². The molecule has 5 nitrogen and oxygen atoms in total. The van der Waals surface area contributed by atoms with Crippen LogP contribution in [0.2, 0.25) is 0 Å². The van der Waals surface area contributed by atoms with E-state index in [9.17, 15) is 9.59 Å². The van der Waals surface area contributed by atoms with E-state index in [0.29, 0.717) is 29.7 Å². The van der Waals surface area contributed by atoms with Crippen LogP contribution in [0, 0.1) is 12.8 Å². The van der Waals surface area contributed by atoms with Crippen LogP contribution in [0.1, 0.15) is 62.5 Å². The van der Waals surface area contributed by atoms with Crippen molar-refractivity contribution in [2.75, 3.05) is 13.7 Å². The topological polar surface area (TPSA) is 68.5 Å². The van der Waals surface area contributed by atoms with Crippen molar-refractivity contribution in [2.45, 2.75) is 64.7 Å². The Hall–Kier alpha value is -2.30. The normalized spacial score (nSPS) is 14.9. The first-order chi connectivity index (χ1) is 13.6. The van der Waals surface area contributed by atoms with Gasteiger partial charge >= 0.3 is 5.63 Å². The molecule has 0 radical (unpaired) electrons. The summed E-state index contributed by atoms with van der Waals surface area (Å²) < 4.78 is 10.6. The van der Waals surface area contributed by atoms with E-state index in [2.05, 4.69) is 5.32 Å². The third-order valence-electron chi connectivity index (χ3n) is 5.93. The van der Waals surface area contributed by atoms with E-state index < -0.39 is 0 Å². The summed E-state index contributed by atoms with van der Waals surface area (Å²) in [6.45, 7) is 2.63. The molecule has 1 heterocycles. The van der Waals surface area contributed by atoms with Crippen LogP contribution in [-0.2, 0) is 11.2 Å². The zero-order valence-electron chi connectivity index (χ0n) is 17.0. The van der Waals surface area contributed by atoms with Crippen LogP contribution < -0.4 is 15.7 Å². The molecule has 0 unspecified atom stereocenters. The van der Waals surface area contributed by atoms with Gasteiger partial charge in [-0.3, -0.25) is 4.79 Å². The predicted molar refractivity (Wildman–Crippen MR) is 111 cm³/mol. The van der Waals surface area contributed by atoms with Gasteiger partial charge in [0.25, 0.3) is 0 Å². The van der Waals surface area contributed by atoms with E-state index in [0.717, 1.165) is 29.8 Å². The van der Waals surface area contributed by atoms with Crippen molar-refractivity contribution in [3.8, 4) is 5.75 Å². The van der Waals surface area contributed by atoms with Gasteiger partial charge in [-0.2, -0.15) is 0 Å². The lowest BCUT2D eigenvalue weighted by Gasteiger charge is -2.21. The summed E-state index contributed by atoms with van der Waals surface area (Å²) in [5.41, 5.74) is 1.59. The first-order valence-corrected chi connectivity index (χ1v) is 10.5. The minimum atomic E-state index is -0.372. The molecular formula is C23H31NO4. The fraction of sp³-hybridized carbons (Fsp3) is 0.565. The number of ether oxygens (including phenoxy) is 1. The summed E-state index contributed by atoms with van der Waals surface area (Å²) in [6, 6.07) is 5.45. The van der Waals surface area contributed by atoms with E-state index in [4.69, 9.17) is 9.15 Å². The van der Waals surface area contributed by atoms with Crippen LogP contribution in [0.15, 0.2) is 27.4 Å². The molecule has 1 fully saturated rings. The number of methoxy groups -OCH3 is 1. The van der Waals surface area contributed by atoms with Crippen molar-refractivity contribution in [3.05, 3.63) is 39.7 Å². The molecule has 5 heteroatoms. The van der Waals surface area contributed by atoms with Crippen molar-refractivity contribution in [3.63, 3.8) is 0 Å². The zero-order chi connectivity index (χ0) is 19.9. The van der Waals surface area contributed by atoms with Gasteiger partial charge in [-0.05, 0) is 49.8 Å². The summed E-state index contributed by atoms with van der Waals surface area (Å²) in [5, 5.41) is 3.87. The van der Waals surface area contributed by atoms with E-state index in [1.807, 2.05) is 19.1 Å². The molecule has 1 aliphatic carbocycles. The van der Waals surface area contributed by atoms with E-state index in [1.165, 1.54) is 38.5 Å². The molecular weight excluding hydrogens is 354 g/mol. The Labute approximate surface area is 166 Å². The third kappa shape index (κ3) is 5.15. The second-order valence-electron chi connectivity index (χ2n) is 7.85. The maximum absolute atomic E-state index is 12.4. The second kappa shape index (κ2) is 9.76. The van der Waals surface area contributed by atoms with Gasteiger partial charge in [0.2, 0.25) is 5.91 Å². The van der Waals surface area contributed by atoms with E-state index in [1.54, 1.807) is 13.2 Å². The highest BCUT2D eigenvalue weighted by Crippen LogP contribution is 2.27. The maximum Gasteiger partial charge on any atom is 0.339 e. The summed E-state index contributed by atoms with van der Waals surface area (Å²) in [6.07, 6.45) is 9.72. The van der Waals surface area contributed by atoms with Crippen molar-refractivity contribution < 1.29 is 13.9 Å². The number of rotatable bonds is 8. The van der Waals surface area contributed by atoms with Crippen LogP contribution in [0.3, 0.4) is 0 Å². The molecule has 1 aromatic heterocycles. The predicted octanol–water partition coefficient (Wildman–Crippen LogP) is 4.52. The van der Waals surface area contributed by atoms with Crippen molar-refractivity contribution >= 4 is 16.9 Å². The Morgan fingerprint density at radius 2 is 2.04 bits per heavy atom. The fourth-order valence-electron chi connectivity index (χ4n) is 4.21. The van der Waals surface area contributed by atoms with Gasteiger partial charge in [0.15, 0.2) is 0 Å². The summed E-state index contributed by atoms with van der Waals surface area (Å²) >= 11 is 0. The summed E-state index contributed by atoms with van der Waals surface area (Å²) in [7, 11) is 1.58. The SMILES string of the molecule is COc1ccc2c(C)c(CCC(=O)NCCCC3CCCCC3)c(=O)oc2c1. The molecule has 0 aliphatic heterocycles. The minimum absolute atomic E-state index is 0.00253. The van der Waals surface area contributed by atoms with Crippen LogP contribution in [-0.4, -0.2) is 19.6 Å². The monoisotopic (exact) mass is 385 g/mol. The van der Waals surface area contributed by atoms with Gasteiger partial charge in [0, 0.05) is 30.0 Å². The molecule has 1 aliphatic rings. The first-order valence-electron chi connectivity index (χ1n) is 10.5. The molecule has 3 rings (SSSR count). The van der Waals surface area contributed by atoms with Crippen LogP contribution in [0.5, 0.6) is 5.75 Å². The highest BCUT2D eigenvalue weighted by Gasteiger charge is 2.15. The molecule has 1 aromatic carbocycles. The lowest BCUT2D eigenvalue weighted by atomic mass is 9.86. The van der Waals surface area contributed by atoms with Crippen LogP contribution in [0.25, 0.3) is 11.0 Å². The molecule has 28 heavy (non-hydrogen) atoms. The molecule has 0 bridgehead atoms. The zero-order valence-corrected chi connectivity index (χ0v) is 17.0. The third-order valence-corrected chi connectivity index (χ3v) is 5.93. The number of carbonyl (C=O) groups is 1. The van der Waals surface area contributed by atoms with Crippen molar-refractivity contribution in [1.82, 2.24) is 5.32 Å². The smallest absolute Gasteiger partial charge is 0.339 e. The van der Waals surface area contributed by atoms with Gasteiger partial charge in [0.05, 0.1) is 7.11 Å². The molecule has 152 valence electrons. The van der Waals surface area contributed by atoms with E-state index in [-0.39, 0.29) is 11.5 Å². The highest BCUT2D eigenvalue weighted by molar-refractivity contribution is 5.82. The van der Waals surface area contributed by atoms with Crippen LogP contribution in [0.4, 0.5) is 0 Å². The Balaban J connectivity index is 1.51. The van der Waals surface area contributed by atoms with E-state index >= 15 is 0 Å². The van der Waals surface area contributed by atoms with Gasteiger partial charge in [-0.1, -0.05) is 32.1 Å². The number of fused-ring (bicyclic) bond motifs is 1. The fourth-order valence-corrected chi connectivity index (χ4v) is 4.21. The average molecular weight is 386 g/mol. The van der Waals surface area contributed by atoms with Crippen molar-refractivity contribution in [1.29, 1.82) is 0 Å². The molecule has 1 saturated carbocycles. The van der Waals surface area contributed by atoms with Gasteiger partial charge in [0.1, 0.15) is 11.3 Å². The van der Waals surface area contributed by atoms with Gasteiger partial charge < -0.3 is 14.5 Å². The van der Waals surface area contributed by atoms with Crippen LogP contribution >= 0.6 is 0 Å². The standard InChI is InChI=1S/C23H31NO4/c1-16-19-11-10-18(27-2)15-21(19)28-23(26)20(16)12-13-22(25)24-14-6-9-17-7-4-3-5-8-17/h10-11,15,17H,3-9,12-14H2,1-2H3,(H,24,25). The Morgan fingerprint density at radius 1 is 1.25 bits per heavy atom. The second-order valence-corrected chi connectivity index (χ2v) is 7.85. The lowest BCUT2D eigenvalue weighted by molar-refractivity contribution is -0.121. The number of nitrogens with one attached hydrogen (secondary N) is 1. The lowest BCUT2D eigenvalue weighted by Crippen LogP contribution is -2.26. The molecule has 0 saturated heterocycles. The van der Waals surface area contributed by atoms with Gasteiger partial charge in [-0.15, -0.1) is 0 Å². The maximum atomic E-state index is 12.4. The molecule has 2 aromatic rings. The average Bonchev–Trinajstić information content (AvgIpc) is 2.71. The number of benzene rings is 1. The number of hydrogen-bond acceptors (Lipinski definition) is 4. The Bertz CT molecular complexity index is 865. The summed E-state index contributed by atoms with van der Waals surface area (Å²) in [5.74, 6) is 1.49. The molecule has 0 atom stereocenters. The largest absolute Gasteiger partial charge is 0.497 e. The minimum Gasteiger partial charge on any atom is -0.497 e. The molecule has 1 amide bonds. The number of aryl methyl sites for hydroxylation is 1. The Kier molecular flexibility index (Phi) is 7.12. The number of hydrogen-bond donors (Lipinski definition) is 1. The number of carbonyl (C=O) groups excluding carboxylic acids is 1. The molecule has 0 spiro atoms. The summed E-state index contributed by atoms with van der Waals surface area (Å²) in [4.78, 5) is 24.5. The quantitative estimate of drug-likeness (QED) is 0.536. The first kappa shape index (κ1) is 20.4. The highest BCUT2D eigenvalue weighted by atomic mass is 16.5. The molecule has 1 N–H and O–H groups in total. The van der Waals surface area contributed by atoms with Crippen molar-refractivity contribution in [2.24, 2.45) is 5.92 Å². The number of amides is 1.